The summed E-state index contributed by atoms with van der Waals surface area (Å²) in [5, 5.41) is 3.27. The number of anilines is 1. The molecule has 0 saturated heterocycles. The van der Waals surface area contributed by atoms with Crippen molar-refractivity contribution in [1.29, 1.82) is 0 Å². The summed E-state index contributed by atoms with van der Waals surface area (Å²) in [6.07, 6.45) is 6.86. The molecule has 3 rings (SSSR count). The first-order valence-electron chi connectivity index (χ1n) is 7.52. The van der Waals surface area contributed by atoms with Crippen molar-refractivity contribution in [2.24, 2.45) is 17.8 Å². The quantitative estimate of drug-likeness (QED) is 0.463. The van der Waals surface area contributed by atoms with Gasteiger partial charge in [-0.25, -0.2) is 4.99 Å². The van der Waals surface area contributed by atoms with E-state index in [1.807, 2.05) is 19.3 Å². The van der Waals surface area contributed by atoms with E-state index in [0.29, 0.717) is 12.5 Å². The zero-order valence-electron chi connectivity index (χ0n) is 12.9. The van der Waals surface area contributed by atoms with Crippen LogP contribution in [0, 0.1) is 0 Å². The lowest BCUT2D eigenvalue weighted by molar-refractivity contribution is 0.687. The molecule has 1 heterocycles. The van der Waals surface area contributed by atoms with Crippen LogP contribution < -0.4 is 11.1 Å². The number of benzene rings is 1. The van der Waals surface area contributed by atoms with E-state index in [2.05, 4.69) is 39.1 Å². The molecule has 0 atom stereocenters. The van der Waals surface area contributed by atoms with Gasteiger partial charge in [-0.15, -0.1) is 24.0 Å². The van der Waals surface area contributed by atoms with Gasteiger partial charge in [0.05, 0.1) is 6.54 Å². The highest BCUT2D eigenvalue weighted by molar-refractivity contribution is 14.0. The number of nitrogens with one attached hydrogen (secondary N) is 1. The van der Waals surface area contributed by atoms with Gasteiger partial charge in [-0.2, -0.15) is 0 Å². The number of aryl methyl sites for hydroxylation is 2. The van der Waals surface area contributed by atoms with Crippen LogP contribution in [0.4, 0.5) is 5.69 Å². The molecule has 1 aliphatic carbocycles. The lowest BCUT2D eigenvalue weighted by Crippen LogP contribution is -2.24. The van der Waals surface area contributed by atoms with E-state index in [4.69, 9.17) is 5.73 Å². The van der Waals surface area contributed by atoms with Crippen LogP contribution in [0.25, 0.3) is 0 Å². The van der Waals surface area contributed by atoms with Crippen molar-refractivity contribution in [3.05, 3.63) is 53.3 Å². The Kier molecular flexibility index (Phi) is 5.88. The molecule has 4 nitrogen and oxygen atoms in total. The van der Waals surface area contributed by atoms with Crippen molar-refractivity contribution in [2.45, 2.75) is 32.2 Å². The number of aliphatic imine (C=N–C) groups is 1. The summed E-state index contributed by atoms with van der Waals surface area (Å²) in [4.78, 5) is 4.43. The van der Waals surface area contributed by atoms with Crippen LogP contribution in [0.15, 0.2) is 41.5 Å². The Morgan fingerprint density at radius 1 is 1.23 bits per heavy atom. The van der Waals surface area contributed by atoms with Crippen LogP contribution in [0.5, 0.6) is 0 Å². The summed E-state index contributed by atoms with van der Waals surface area (Å²) in [7, 11) is 2.02. The van der Waals surface area contributed by atoms with E-state index < -0.39 is 0 Å². The number of aromatic nitrogens is 1. The molecular weight excluding hydrogens is 387 g/mol. The fourth-order valence-corrected chi connectivity index (χ4v) is 2.90. The Labute approximate surface area is 148 Å². The number of hydrogen-bond donors (Lipinski definition) is 2. The van der Waals surface area contributed by atoms with Gasteiger partial charge in [0.25, 0.3) is 0 Å². The molecule has 0 saturated carbocycles. The first-order chi connectivity index (χ1) is 10.2. The molecule has 0 spiro atoms. The number of rotatable bonds is 3. The highest BCUT2D eigenvalue weighted by Gasteiger charge is 2.13. The molecule has 1 aromatic heterocycles. The Morgan fingerprint density at radius 2 is 2.05 bits per heavy atom. The van der Waals surface area contributed by atoms with E-state index in [1.165, 1.54) is 30.4 Å². The fraction of sp³-hybridized carbons (Fsp3) is 0.353. The van der Waals surface area contributed by atoms with Crippen molar-refractivity contribution >= 4 is 35.6 Å². The molecule has 0 unspecified atom stereocenters. The number of guanidine groups is 1. The average molecular weight is 410 g/mol. The van der Waals surface area contributed by atoms with Gasteiger partial charge < -0.3 is 15.6 Å². The maximum atomic E-state index is 6.04. The van der Waals surface area contributed by atoms with E-state index in [-0.39, 0.29) is 24.0 Å². The van der Waals surface area contributed by atoms with E-state index in [9.17, 15) is 0 Å². The normalized spacial score (nSPS) is 14.1. The van der Waals surface area contributed by atoms with Crippen LogP contribution in [0.3, 0.4) is 0 Å². The second-order valence-corrected chi connectivity index (χ2v) is 5.59. The Hall–Kier alpha value is -1.50. The molecule has 118 valence electrons. The highest BCUT2D eigenvalue weighted by Crippen LogP contribution is 2.27. The zero-order valence-corrected chi connectivity index (χ0v) is 15.2. The van der Waals surface area contributed by atoms with Gasteiger partial charge in [-0.1, -0.05) is 12.1 Å². The summed E-state index contributed by atoms with van der Waals surface area (Å²) in [5.74, 6) is 0.482. The first-order valence-corrected chi connectivity index (χ1v) is 7.52. The maximum absolute atomic E-state index is 6.04. The SMILES string of the molecule is Cn1cccc1CN=C(N)Nc1cccc2c1CCCC2.I. The van der Waals surface area contributed by atoms with Crippen molar-refractivity contribution in [2.75, 3.05) is 5.32 Å². The van der Waals surface area contributed by atoms with Gasteiger partial charge in [0.15, 0.2) is 5.96 Å². The third-order valence-electron chi connectivity index (χ3n) is 4.12. The molecule has 1 aromatic carbocycles. The van der Waals surface area contributed by atoms with Crippen molar-refractivity contribution in [3.63, 3.8) is 0 Å². The molecular formula is C17H23IN4. The topological polar surface area (TPSA) is 55.3 Å². The Bertz CT molecular complexity index is 660. The standard InChI is InChI=1S/C17H22N4.HI/c1-21-11-5-8-14(21)12-19-17(18)20-16-10-4-7-13-6-2-3-9-15(13)16;/h4-5,7-8,10-11H,2-3,6,9,12H2,1H3,(H3,18,19,20);1H. The molecule has 3 N–H and O–H groups in total. The monoisotopic (exact) mass is 410 g/mol. The third kappa shape index (κ3) is 3.82. The van der Waals surface area contributed by atoms with Crippen molar-refractivity contribution in [3.8, 4) is 0 Å². The molecule has 0 bridgehead atoms. The number of halogens is 1. The van der Waals surface area contributed by atoms with E-state index in [1.54, 1.807) is 0 Å². The molecule has 0 radical (unpaired) electrons. The summed E-state index contributed by atoms with van der Waals surface area (Å²) in [6, 6.07) is 10.5. The lowest BCUT2D eigenvalue weighted by Gasteiger charge is -2.19. The smallest absolute Gasteiger partial charge is 0.193 e. The van der Waals surface area contributed by atoms with Crippen molar-refractivity contribution < 1.29 is 0 Å². The number of nitrogens with two attached hydrogens (primary N) is 1. The van der Waals surface area contributed by atoms with Gasteiger partial charge in [0.2, 0.25) is 0 Å². The number of nitrogens with zero attached hydrogens (tertiary/aromatic N) is 2. The summed E-state index contributed by atoms with van der Waals surface area (Å²) >= 11 is 0. The third-order valence-corrected chi connectivity index (χ3v) is 4.12. The summed E-state index contributed by atoms with van der Waals surface area (Å²) < 4.78 is 2.06. The van der Waals surface area contributed by atoms with Gasteiger partial charge in [-0.3, -0.25) is 0 Å². The zero-order chi connectivity index (χ0) is 14.7. The molecule has 2 aromatic rings. The predicted octanol–water partition coefficient (Wildman–Crippen LogP) is 3.45. The summed E-state index contributed by atoms with van der Waals surface area (Å²) in [6.45, 7) is 0.595. The van der Waals surface area contributed by atoms with Gasteiger partial charge in [0, 0.05) is 24.6 Å². The van der Waals surface area contributed by atoms with E-state index in [0.717, 1.165) is 17.8 Å². The van der Waals surface area contributed by atoms with E-state index >= 15 is 0 Å². The first kappa shape index (κ1) is 16.9. The van der Waals surface area contributed by atoms with Gasteiger partial charge >= 0.3 is 0 Å². The molecule has 22 heavy (non-hydrogen) atoms. The molecule has 0 aliphatic heterocycles. The van der Waals surface area contributed by atoms with Gasteiger partial charge in [0.1, 0.15) is 0 Å². The second kappa shape index (κ2) is 7.67. The number of hydrogen-bond acceptors (Lipinski definition) is 1. The maximum Gasteiger partial charge on any atom is 0.193 e. The number of fused-ring (bicyclic) bond motifs is 1. The molecule has 1 aliphatic rings. The minimum absolute atomic E-state index is 0. The fourth-order valence-electron chi connectivity index (χ4n) is 2.90. The van der Waals surface area contributed by atoms with Crippen LogP contribution in [-0.4, -0.2) is 10.5 Å². The lowest BCUT2D eigenvalue weighted by atomic mass is 9.90. The van der Waals surface area contributed by atoms with Gasteiger partial charge in [-0.05, 0) is 55.0 Å². The second-order valence-electron chi connectivity index (χ2n) is 5.59. The average Bonchev–Trinajstić information content (AvgIpc) is 2.91. The van der Waals surface area contributed by atoms with Crippen LogP contribution in [-0.2, 0) is 26.4 Å². The summed E-state index contributed by atoms with van der Waals surface area (Å²) in [5.41, 5.74) is 11.1. The largest absolute Gasteiger partial charge is 0.370 e. The molecule has 5 heteroatoms. The molecule has 0 fully saturated rings. The van der Waals surface area contributed by atoms with Crippen LogP contribution >= 0.6 is 24.0 Å². The van der Waals surface area contributed by atoms with Crippen LogP contribution in [0.1, 0.15) is 29.7 Å². The minimum Gasteiger partial charge on any atom is -0.370 e. The van der Waals surface area contributed by atoms with Crippen molar-refractivity contribution in [1.82, 2.24) is 4.57 Å². The van der Waals surface area contributed by atoms with Crippen LogP contribution in [0.2, 0.25) is 0 Å². The predicted molar refractivity (Wildman–Crippen MR) is 103 cm³/mol. The minimum atomic E-state index is 0. The highest BCUT2D eigenvalue weighted by atomic mass is 127. The molecule has 0 amide bonds. The Balaban J connectivity index is 0.00000176. The Morgan fingerprint density at radius 3 is 2.82 bits per heavy atom.